The number of rotatable bonds is 2. The van der Waals surface area contributed by atoms with Crippen LogP contribution in [0, 0.1) is 12.0 Å². The van der Waals surface area contributed by atoms with E-state index in [1.54, 1.807) is 30.3 Å². The molecule has 0 aliphatic carbocycles. The number of benzene rings is 2. The van der Waals surface area contributed by atoms with Crippen molar-refractivity contribution >= 4 is 17.3 Å². The van der Waals surface area contributed by atoms with Gasteiger partial charge >= 0.3 is 6.36 Å². The van der Waals surface area contributed by atoms with Crippen molar-refractivity contribution in [3.05, 3.63) is 59.1 Å². The molecule has 0 spiro atoms. The lowest BCUT2D eigenvalue weighted by Gasteiger charge is -2.09. The van der Waals surface area contributed by atoms with Gasteiger partial charge in [0.15, 0.2) is 0 Å². The van der Waals surface area contributed by atoms with Gasteiger partial charge in [0.1, 0.15) is 5.75 Å². The van der Waals surface area contributed by atoms with Crippen LogP contribution in [0.2, 0.25) is 5.02 Å². The standard InChI is InChI=1S/C15H9ClF3NO/c16-12-5-7-13(8-6-12)20-10-9-11-3-1-2-4-14(11)21-15(17,18)19/h1-8,20H. The fourth-order valence-corrected chi connectivity index (χ4v) is 1.61. The molecule has 0 heterocycles. The summed E-state index contributed by atoms with van der Waals surface area (Å²) in [5.74, 6) is 2.24. The molecule has 0 saturated heterocycles. The summed E-state index contributed by atoms with van der Waals surface area (Å²) in [6.45, 7) is 0. The number of hydrogen-bond donors (Lipinski definition) is 1. The van der Waals surface area contributed by atoms with E-state index in [0.29, 0.717) is 10.7 Å². The second-order valence-electron chi connectivity index (χ2n) is 3.93. The Bertz CT molecular complexity index is 672. The summed E-state index contributed by atoms with van der Waals surface area (Å²) < 4.78 is 40.6. The van der Waals surface area contributed by atoms with Gasteiger partial charge in [-0.05, 0) is 42.3 Å². The second kappa shape index (κ2) is 6.42. The lowest BCUT2D eigenvalue weighted by Crippen LogP contribution is -2.17. The van der Waals surface area contributed by atoms with Gasteiger partial charge in [0.05, 0.1) is 5.56 Å². The van der Waals surface area contributed by atoms with Gasteiger partial charge in [-0.25, -0.2) is 0 Å². The molecular weight excluding hydrogens is 303 g/mol. The molecule has 0 radical (unpaired) electrons. The minimum Gasteiger partial charge on any atom is -0.404 e. The molecule has 0 atom stereocenters. The minimum atomic E-state index is -4.75. The van der Waals surface area contributed by atoms with E-state index in [9.17, 15) is 13.2 Å². The number of ether oxygens (including phenoxy) is 1. The minimum absolute atomic E-state index is 0.135. The van der Waals surface area contributed by atoms with Gasteiger partial charge in [-0.2, -0.15) is 0 Å². The van der Waals surface area contributed by atoms with Crippen LogP contribution in [0.15, 0.2) is 48.5 Å². The maximum absolute atomic E-state index is 12.2. The van der Waals surface area contributed by atoms with Crippen LogP contribution in [0.5, 0.6) is 5.75 Å². The van der Waals surface area contributed by atoms with E-state index in [1.165, 1.54) is 18.2 Å². The van der Waals surface area contributed by atoms with Crippen LogP contribution in [0.1, 0.15) is 5.56 Å². The molecule has 108 valence electrons. The van der Waals surface area contributed by atoms with Gasteiger partial charge in [0, 0.05) is 16.8 Å². The topological polar surface area (TPSA) is 21.3 Å². The van der Waals surface area contributed by atoms with E-state index in [4.69, 9.17) is 11.6 Å². The highest BCUT2D eigenvalue weighted by Crippen LogP contribution is 2.25. The lowest BCUT2D eigenvalue weighted by molar-refractivity contribution is -0.274. The van der Waals surface area contributed by atoms with E-state index in [-0.39, 0.29) is 11.3 Å². The molecular formula is C15H9ClF3NO. The quantitative estimate of drug-likeness (QED) is 0.643. The summed E-state index contributed by atoms with van der Waals surface area (Å²) >= 11 is 5.74. The van der Waals surface area contributed by atoms with Crippen LogP contribution in [0.3, 0.4) is 0 Å². The van der Waals surface area contributed by atoms with Crippen molar-refractivity contribution < 1.29 is 17.9 Å². The van der Waals surface area contributed by atoms with Gasteiger partial charge in [0.2, 0.25) is 0 Å². The van der Waals surface area contributed by atoms with E-state index in [0.717, 1.165) is 0 Å². The van der Waals surface area contributed by atoms with Gasteiger partial charge < -0.3 is 10.1 Å². The Labute approximate surface area is 124 Å². The number of anilines is 1. The monoisotopic (exact) mass is 311 g/mol. The number of halogens is 4. The molecule has 0 fully saturated rings. The van der Waals surface area contributed by atoms with E-state index in [2.05, 4.69) is 22.0 Å². The first-order valence-electron chi connectivity index (χ1n) is 5.81. The third-order valence-corrected chi connectivity index (χ3v) is 2.61. The number of hydrogen-bond acceptors (Lipinski definition) is 2. The molecule has 0 aliphatic rings. The summed E-state index contributed by atoms with van der Waals surface area (Å²) in [6, 6.07) is 15.0. The normalized spacial score (nSPS) is 10.5. The fourth-order valence-electron chi connectivity index (χ4n) is 1.49. The number of alkyl halides is 3. The summed E-state index contributed by atoms with van der Waals surface area (Å²) in [5, 5.41) is 3.33. The number of para-hydroxylation sites is 1. The Hall–Kier alpha value is -2.32. The Morgan fingerprint density at radius 3 is 2.33 bits per heavy atom. The summed E-state index contributed by atoms with van der Waals surface area (Å²) in [5.41, 5.74) is 0.817. The lowest BCUT2D eigenvalue weighted by atomic mass is 10.2. The van der Waals surface area contributed by atoms with Crippen molar-refractivity contribution in [2.75, 3.05) is 5.32 Å². The largest absolute Gasteiger partial charge is 0.573 e. The van der Waals surface area contributed by atoms with Crippen molar-refractivity contribution in [2.45, 2.75) is 6.36 Å². The third-order valence-electron chi connectivity index (χ3n) is 2.36. The van der Waals surface area contributed by atoms with Crippen LogP contribution in [-0.2, 0) is 0 Å². The first kappa shape index (κ1) is 15.1. The highest BCUT2D eigenvalue weighted by atomic mass is 35.5. The molecule has 2 nitrogen and oxygen atoms in total. The van der Waals surface area contributed by atoms with Crippen molar-refractivity contribution in [3.63, 3.8) is 0 Å². The summed E-state index contributed by atoms with van der Waals surface area (Å²) in [4.78, 5) is 0. The Morgan fingerprint density at radius 2 is 1.67 bits per heavy atom. The second-order valence-corrected chi connectivity index (χ2v) is 4.36. The zero-order valence-electron chi connectivity index (χ0n) is 10.5. The fraction of sp³-hybridized carbons (Fsp3) is 0.0667. The first-order valence-corrected chi connectivity index (χ1v) is 6.19. The highest BCUT2D eigenvalue weighted by molar-refractivity contribution is 6.30. The molecule has 0 unspecified atom stereocenters. The van der Waals surface area contributed by atoms with Crippen molar-refractivity contribution in [1.29, 1.82) is 0 Å². The van der Waals surface area contributed by atoms with Gasteiger partial charge in [-0.3, -0.25) is 0 Å². The molecule has 1 N–H and O–H groups in total. The van der Waals surface area contributed by atoms with Crippen molar-refractivity contribution in [1.82, 2.24) is 0 Å². The Kier molecular flexibility index (Phi) is 4.61. The SMILES string of the molecule is FC(F)(F)Oc1ccccc1C#CNc1ccc(Cl)cc1. The van der Waals surface area contributed by atoms with Gasteiger partial charge in [0.25, 0.3) is 0 Å². The molecule has 2 rings (SSSR count). The zero-order valence-corrected chi connectivity index (χ0v) is 11.3. The molecule has 6 heteroatoms. The Balaban J connectivity index is 2.13. The molecule has 0 saturated carbocycles. The average molecular weight is 312 g/mol. The molecule has 0 bridgehead atoms. The highest BCUT2D eigenvalue weighted by Gasteiger charge is 2.31. The number of nitrogens with one attached hydrogen (secondary N) is 1. The average Bonchev–Trinajstić information content (AvgIpc) is 2.41. The predicted octanol–water partition coefficient (Wildman–Crippen LogP) is 4.66. The van der Waals surface area contributed by atoms with Crippen LogP contribution in [0.25, 0.3) is 0 Å². The maximum atomic E-state index is 12.2. The summed E-state index contributed by atoms with van der Waals surface area (Å²) in [6.07, 6.45) is -4.75. The van der Waals surface area contributed by atoms with Crippen LogP contribution in [-0.4, -0.2) is 6.36 Å². The van der Waals surface area contributed by atoms with Crippen molar-refractivity contribution in [3.8, 4) is 17.7 Å². The van der Waals surface area contributed by atoms with Crippen LogP contribution in [0.4, 0.5) is 18.9 Å². The summed E-state index contributed by atoms with van der Waals surface area (Å²) in [7, 11) is 0. The maximum Gasteiger partial charge on any atom is 0.573 e. The van der Waals surface area contributed by atoms with E-state index >= 15 is 0 Å². The predicted molar refractivity (Wildman–Crippen MR) is 75.1 cm³/mol. The van der Waals surface area contributed by atoms with Gasteiger partial charge in [-0.15, -0.1) is 13.2 Å². The third kappa shape index (κ3) is 4.93. The molecule has 0 aromatic heterocycles. The smallest absolute Gasteiger partial charge is 0.404 e. The first-order chi connectivity index (χ1) is 9.94. The molecule has 21 heavy (non-hydrogen) atoms. The van der Waals surface area contributed by atoms with Crippen LogP contribution >= 0.6 is 11.6 Å². The van der Waals surface area contributed by atoms with Crippen molar-refractivity contribution in [2.24, 2.45) is 0 Å². The van der Waals surface area contributed by atoms with Crippen LogP contribution < -0.4 is 10.1 Å². The Morgan fingerprint density at radius 1 is 1.00 bits per heavy atom. The van der Waals surface area contributed by atoms with E-state index in [1.807, 2.05) is 0 Å². The zero-order chi connectivity index (χ0) is 15.3. The molecule has 0 aliphatic heterocycles. The molecule has 0 amide bonds. The molecule has 2 aromatic carbocycles. The van der Waals surface area contributed by atoms with Gasteiger partial charge in [-0.1, -0.05) is 23.7 Å². The van der Waals surface area contributed by atoms with E-state index < -0.39 is 6.36 Å². The molecule has 2 aromatic rings.